The van der Waals surface area contributed by atoms with Gasteiger partial charge in [0.05, 0.1) is 19.1 Å². The van der Waals surface area contributed by atoms with Crippen molar-refractivity contribution in [2.75, 3.05) is 31.5 Å². The van der Waals surface area contributed by atoms with Crippen molar-refractivity contribution in [3.05, 3.63) is 52.4 Å². The van der Waals surface area contributed by atoms with E-state index in [2.05, 4.69) is 21.2 Å². The first-order valence-electron chi connectivity index (χ1n) is 11.2. The lowest BCUT2D eigenvalue weighted by molar-refractivity contribution is -0.914. The predicted molar refractivity (Wildman–Crippen MR) is 123 cm³/mol. The summed E-state index contributed by atoms with van der Waals surface area (Å²) in [5.41, 5.74) is 1.29. The minimum absolute atomic E-state index is 0.0720. The van der Waals surface area contributed by atoms with Gasteiger partial charge in [-0.3, -0.25) is 9.59 Å². The number of hydrogen-bond donors (Lipinski definition) is 3. The number of quaternary nitrogens is 1. The lowest BCUT2D eigenvalue weighted by atomic mass is 10.0. The van der Waals surface area contributed by atoms with Gasteiger partial charge in [0.25, 0.3) is 11.8 Å². The third kappa shape index (κ3) is 7.56. The number of rotatable bonds is 4. The van der Waals surface area contributed by atoms with Gasteiger partial charge in [-0.1, -0.05) is 0 Å². The second kappa shape index (κ2) is 11.7. The van der Waals surface area contributed by atoms with Gasteiger partial charge in [0, 0.05) is 50.0 Å². The first-order chi connectivity index (χ1) is 16.5. The molecule has 0 radical (unpaired) electrons. The van der Waals surface area contributed by atoms with Crippen molar-refractivity contribution in [3.63, 3.8) is 0 Å². The summed E-state index contributed by atoms with van der Waals surface area (Å²) in [6.07, 6.45) is -0.217. The van der Waals surface area contributed by atoms with E-state index in [0.29, 0.717) is 22.0 Å². The maximum Gasteiger partial charge on any atom is 0.490 e. The fraction of sp³-hybridized carbons (Fsp3) is 0.435. The number of benzene rings is 1. The van der Waals surface area contributed by atoms with E-state index in [1.54, 1.807) is 41.3 Å². The number of carbonyl (C=O) groups is 3. The molecule has 3 N–H and O–H groups in total. The molecule has 4 rings (SSSR count). The summed E-state index contributed by atoms with van der Waals surface area (Å²) in [7, 11) is 0. The highest BCUT2D eigenvalue weighted by molar-refractivity contribution is 9.10. The number of carbonyl (C=O) groups excluding carboxylic acids is 2. The number of furan rings is 1. The number of halogens is 4. The first kappa shape index (κ1) is 26.7. The van der Waals surface area contributed by atoms with Crippen LogP contribution in [0.25, 0.3) is 0 Å². The van der Waals surface area contributed by atoms with Gasteiger partial charge in [0.15, 0.2) is 10.4 Å². The van der Waals surface area contributed by atoms with Crippen molar-refractivity contribution in [1.82, 2.24) is 4.90 Å². The molecule has 2 amide bonds. The van der Waals surface area contributed by atoms with Crippen LogP contribution in [0.1, 0.15) is 46.6 Å². The van der Waals surface area contributed by atoms with E-state index in [4.69, 9.17) is 14.3 Å². The second-order valence-electron chi connectivity index (χ2n) is 8.37. The van der Waals surface area contributed by atoms with Crippen molar-refractivity contribution in [1.29, 1.82) is 0 Å². The molecule has 2 saturated heterocycles. The predicted octanol–water partition coefficient (Wildman–Crippen LogP) is 3.21. The van der Waals surface area contributed by atoms with Crippen molar-refractivity contribution in [2.45, 2.75) is 37.9 Å². The number of hydrogen-bond acceptors (Lipinski definition) is 4. The average molecular weight is 561 g/mol. The van der Waals surface area contributed by atoms with Crippen LogP contribution >= 0.6 is 15.9 Å². The molecule has 3 heterocycles. The summed E-state index contributed by atoms with van der Waals surface area (Å²) >= 11 is 3.18. The van der Waals surface area contributed by atoms with E-state index in [-0.39, 0.29) is 17.6 Å². The van der Waals surface area contributed by atoms with Gasteiger partial charge in [-0.05, 0) is 52.3 Å². The third-order valence-corrected chi connectivity index (χ3v) is 6.46. The lowest BCUT2D eigenvalue weighted by Gasteiger charge is -2.34. The number of carboxylic acid groups (broad SMARTS) is 1. The molecule has 0 aliphatic carbocycles. The maximum atomic E-state index is 12.8. The highest BCUT2D eigenvalue weighted by Gasteiger charge is 2.38. The quantitative estimate of drug-likeness (QED) is 0.532. The van der Waals surface area contributed by atoms with E-state index in [0.717, 1.165) is 25.9 Å². The zero-order chi connectivity index (χ0) is 25.6. The van der Waals surface area contributed by atoms with Crippen LogP contribution in [0, 0.1) is 0 Å². The lowest BCUT2D eigenvalue weighted by Crippen LogP contribution is -3.14. The second-order valence-corrected chi connectivity index (χ2v) is 9.15. The molecule has 0 saturated carbocycles. The zero-order valence-corrected chi connectivity index (χ0v) is 20.3. The highest BCUT2D eigenvalue weighted by Crippen LogP contribution is 2.18. The standard InChI is InChI=1S/C21H24BrN3O3.C2HF3O2/c22-19-8-7-18(28-19)20(26)23-16-5-3-15(4-6-16)21(27)25-13-9-17(10-14-25)24-11-1-2-12-24;3-2(4,5)1(6)7/h3-8,17H,1-2,9-14H2,(H,23,26);(H,6,7)/p+1. The number of carboxylic acids is 1. The molecule has 2 aliphatic heterocycles. The summed E-state index contributed by atoms with van der Waals surface area (Å²) in [6, 6.07) is 11.0. The average Bonchev–Trinajstić information content (AvgIpc) is 3.51. The van der Waals surface area contributed by atoms with E-state index in [9.17, 15) is 22.8 Å². The van der Waals surface area contributed by atoms with E-state index in [1.807, 2.05) is 4.90 Å². The number of likely N-dealkylation sites (tertiary alicyclic amines) is 2. The Bertz CT molecular complexity index is 1030. The van der Waals surface area contributed by atoms with Gasteiger partial charge in [-0.2, -0.15) is 13.2 Å². The number of amides is 2. The number of piperidine rings is 1. The van der Waals surface area contributed by atoms with Crippen molar-refractivity contribution < 1.29 is 42.0 Å². The van der Waals surface area contributed by atoms with Crippen molar-refractivity contribution >= 4 is 39.4 Å². The van der Waals surface area contributed by atoms with Crippen LogP contribution < -0.4 is 10.2 Å². The molecule has 0 spiro atoms. The Morgan fingerprint density at radius 2 is 1.60 bits per heavy atom. The maximum absolute atomic E-state index is 12.8. The van der Waals surface area contributed by atoms with Crippen LogP contribution in [0.5, 0.6) is 0 Å². The molecule has 2 fully saturated rings. The van der Waals surface area contributed by atoms with E-state index < -0.39 is 12.1 Å². The number of alkyl halides is 3. The van der Waals surface area contributed by atoms with Crippen molar-refractivity contribution in [2.24, 2.45) is 0 Å². The van der Waals surface area contributed by atoms with Gasteiger partial charge in [0.1, 0.15) is 0 Å². The van der Waals surface area contributed by atoms with Gasteiger partial charge in [0.2, 0.25) is 0 Å². The molecule has 8 nitrogen and oxygen atoms in total. The Morgan fingerprint density at radius 1 is 1.03 bits per heavy atom. The number of nitrogens with zero attached hydrogens (tertiary/aromatic N) is 1. The summed E-state index contributed by atoms with van der Waals surface area (Å²) < 4.78 is 37.5. The molecule has 0 unspecified atom stereocenters. The summed E-state index contributed by atoms with van der Waals surface area (Å²) in [6.45, 7) is 4.25. The van der Waals surface area contributed by atoms with Crippen LogP contribution in [0.2, 0.25) is 0 Å². The van der Waals surface area contributed by atoms with Gasteiger partial charge >= 0.3 is 12.1 Å². The Morgan fingerprint density at radius 3 is 2.09 bits per heavy atom. The Labute approximate surface area is 208 Å². The normalized spacial score (nSPS) is 17.0. The molecule has 2 aliphatic rings. The molecule has 0 atom stereocenters. The van der Waals surface area contributed by atoms with Crippen LogP contribution in [-0.4, -0.2) is 66.2 Å². The van der Waals surface area contributed by atoms with Gasteiger partial charge < -0.3 is 24.6 Å². The molecular formula is C23H26BrF3N3O5+. The van der Waals surface area contributed by atoms with E-state index in [1.165, 1.54) is 25.9 Å². The first-order valence-corrected chi connectivity index (χ1v) is 11.9. The Kier molecular flexibility index (Phi) is 8.95. The van der Waals surface area contributed by atoms with Gasteiger partial charge in [-0.15, -0.1) is 0 Å². The minimum atomic E-state index is -5.08. The molecule has 35 heavy (non-hydrogen) atoms. The largest absolute Gasteiger partial charge is 0.490 e. The molecule has 1 aromatic heterocycles. The fourth-order valence-corrected chi connectivity index (χ4v) is 4.54. The van der Waals surface area contributed by atoms with Gasteiger partial charge in [-0.25, -0.2) is 4.79 Å². The third-order valence-electron chi connectivity index (χ3n) is 6.03. The molecule has 0 bridgehead atoms. The fourth-order valence-electron chi connectivity index (χ4n) is 4.24. The summed E-state index contributed by atoms with van der Waals surface area (Å²) in [5, 5.41) is 9.90. The Balaban J connectivity index is 0.000000429. The minimum Gasteiger partial charge on any atom is -0.475 e. The molecular weight excluding hydrogens is 535 g/mol. The number of nitrogens with one attached hydrogen (secondary N) is 2. The van der Waals surface area contributed by atoms with Crippen LogP contribution in [0.3, 0.4) is 0 Å². The van der Waals surface area contributed by atoms with E-state index >= 15 is 0 Å². The van der Waals surface area contributed by atoms with Crippen LogP contribution in [0.4, 0.5) is 18.9 Å². The highest BCUT2D eigenvalue weighted by atomic mass is 79.9. The number of anilines is 1. The monoisotopic (exact) mass is 560 g/mol. The SMILES string of the molecule is O=C(Nc1ccc(C(=O)N2CCC([NH+]3CCCC3)CC2)cc1)c1ccc(Br)o1.O=C(O)C(F)(F)F. The zero-order valence-electron chi connectivity index (χ0n) is 18.7. The smallest absolute Gasteiger partial charge is 0.475 e. The molecule has 1 aromatic carbocycles. The summed E-state index contributed by atoms with van der Waals surface area (Å²) in [5.74, 6) is -2.78. The number of aliphatic carboxylic acids is 1. The molecule has 2 aromatic rings. The molecule has 12 heteroatoms. The Hall–Kier alpha value is -2.86. The van der Waals surface area contributed by atoms with Crippen LogP contribution in [0.15, 0.2) is 45.5 Å². The van der Waals surface area contributed by atoms with Crippen LogP contribution in [-0.2, 0) is 4.79 Å². The molecule has 190 valence electrons. The summed E-state index contributed by atoms with van der Waals surface area (Å²) in [4.78, 5) is 37.5. The van der Waals surface area contributed by atoms with Crippen molar-refractivity contribution in [3.8, 4) is 0 Å². The topological polar surface area (TPSA) is 104 Å².